The van der Waals surface area contributed by atoms with Crippen molar-refractivity contribution in [3.8, 4) is 0 Å². The number of amides is 1. The number of hydrogen-bond donors (Lipinski definition) is 1. The highest BCUT2D eigenvalue weighted by atomic mass is 32.2. The molecule has 0 saturated carbocycles. The SMILES string of the molecule is CCS(=O)(=O)c1cccc(C(=O)Nc2ccc(S(C)(=O)=O)cc2)c1. The topological polar surface area (TPSA) is 97.4 Å². The minimum absolute atomic E-state index is 0.0506. The Labute approximate surface area is 141 Å². The van der Waals surface area contributed by atoms with E-state index >= 15 is 0 Å². The summed E-state index contributed by atoms with van der Waals surface area (Å²) >= 11 is 0. The van der Waals surface area contributed by atoms with E-state index in [2.05, 4.69) is 5.32 Å². The standard InChI is InChI=1S/C16H17NO5S2/c1-3-24(21,22)15-6-4-5-12(11-15)16(18)17-13-7-9-14(10-8-13)23(2,19)20/h4-11H,3H2,1-2H3,(H,17,18). The van der Waals surface area contributed by atoms with E-state index in [0.717, 1.165) is 6.26 Å². The van der Waals surface area contributed by atoms with Gasteiger partial charge in [0.25, 0.3) is 5.91 Å². The van der Waals surface area contributed by atoms with Crippen LogP contribution < -0.4 is 5.32 Å². The van der Waals surface area contributed by atoms with Gasteiger partial charge in [-0.1, -0.05) is 13.0 Å². The summed E-state index contributed by atoms with van der Waals surface area (Å²) in [4.78, 5) is 12.5. The highest BCUT2D eigenvalue weighted by Gasteiger charge is 2.14. The second-order valence-electron chi connectivity index (χ2n) is 5.18. The van der Waals surface area contributed by atoms with E-state index < -0.39 is 25.6 Å². The van der Waals surface area contributed by atoms with Gasteiger partial charge in [-0.3, -0.25) is 4.79 Å². The van der Waals surface area contributed by atoms with Gasteiger partial charge in [0.05, 0.1) is 15.5 Å². The summed E-state index contributed by atoms with van der Waals surface area (Å²) in [6.45, 7) is 1.53. The van der Waals surface area contributed by atoms with E-state index in [1.165, 1.54) is 55.5 Å². The summed E-state index contributed by atoms with van der Waals surface area (Å²) < 4.78 is 46.6. The van der Waals surface area contributed by atoms with Crippen molar-refractivity contribution in [2.45, 2.75) is 16.7 Å². The molecule has 0 aliphatic rings. The molecule has 0 aliphatic heterocycles. The van der Waals surface area contributed by atoms with Gasteiger partial charge in [-0.15, -0.1) is 0 Å². The lowest BCUT2D eigenvalue weighted by atomic mass is 10.2. The van der Waals surface area contributed by atoms with Gasteiger partial charge in [0.2, 0.25) is 0 Å². The lowest BCUT2D eigenvalue weighted by Gasteiger charge is -2.08. The molecule has 8 heteroatoms. The smallest absolute Gasteiger partial charge is 0.255 e. The summed E-state index contributed by atoms with van der Waals surface area (Å²) in [5.74, 6) is -0.527. The fourth-order valence-electron chi connectivity index (χ4n) is 1.99. The Morgan fingerprint density at radius 3 is 2.12 bits per heavy atom. The van der Waals surface area contributed by atoms with Gasteiger partial charge in [-0.05, 0) is 42.5 Å². The van der Waals surface area contributed by atoms with E-state index in [1.54, 1.807) is 0 Å². The second-order valence-corrected chi connectivity index (χ2v) is 9.48. The summed E-state index contributed by atoms with van der Waals surface area (Å²) in [6, 6.07) is 11.5. The molecule has 6 nitrogen and oxygen atoms in total. The predicted molar refractivity (Wildman–Crippen MR) is 91.7 cm³/mol. The molecule has 0 saturated heterocycles. The van der Waals surface area contributed by atoms with Gasteiger partial charge in [0, 0.05) is 17.5 Å². The van der Waals surface area contributed by atoms with Crippen LogP contribution in [0.1, 0.15) is 17.3 Å². The van der Waals surface area contributed by atoms with E-state index in [9.17, 15) is 21.6 Å². The first kappa shape index (κ1) is 18.2. The van der Waals surface area contributed by atoms with Crippen LogP contribution in [0, 0.1) is 0 Å². The number of hydrogen-bond acceptors (Lipinski definition) is 5. The maximum absolute atomic E-state index is 12.2. The van der Waals surface area contributed by atoms with Crippen LogP contribution in [0.4, 0.5) is 5.69 Å². The number of benzene rings is 2. The van der Waals surface area contributed by atoms with Crippen molar-refractivity contribution in [3.63, 3.8) is 0 Å². The second kappa shape index (κ2) is 6.74. The average molecular weight is 367 g/mol. The van der Waals surface area contributed by atoms with Crippen molar-refractivity contribution >= 4 is 31.3 Å². The Bertz CT molecular complexity index is 962. The number of rotatable bonds is 5. The zero-order chi connectivity index (χ0) is 18.0. The molecule has 2 aromatic carbocycles. The third-order valence-electron chi connectivity index (χ3n) is 3.38. The maximum Gasteiger partial charge on any atom is 0.255 e. The minimum Gasteiger partial charge on any atom is -0.322 e. The summed E-state index contributed by atoms with van der Waals surface area (Å²) in [7, 11) is -6.70. The Kier molecular flexibility index (Phi) is 5.10. The average Bonchev–Trinajstić information content (AvgIpc) is 2.54. The molecule has 0 unspecified atom stereocenters. The molecule has 0 aromatic heterocycles. The van der Waals surface area contributed by atoms with Crippen LogP contribution in [0.15, 0.2) is 58.3 Å². The van der Waals surface area contributed by atoms with Gasteiger partial charge < -0.3 is 5.32 Å². The first-order chi connectivity index (χ1) is 11.1. The van der Waals surface area contributed by atoms with Gasteiger partial charge in [0.15, 0.2) is 19.7 Å². The molecule has 0 aliphatic carbocycles. The largest absolute Gasteiger partial charge is 0.322 e. The molecule has 0 fully saturated rings. The molecule has 128 valence electrons. The summed E-state index contributed by atoms with van der Waals surface area (Å²) in [5.41, 5.74) is 0.618. The van der Waals surface area contributed by atoms with E-state index in [4.69, 9.17) is 0 Å². The zero-order valence-corrected chi connectivity index (χ0v) is 14.8. The Hall–Kier alpha value is -2.19. The van der Waals surface area contributed by atoms with Crippen LogP contribution in [-0.2, 0) is 19.7 Å². The van der Waals surface area contributed by atoms with Crippen LogP contribution in [0.2, 0.25) is 0 Å². The molecule has 2 aromatic rings. The molecule has 1 amide bonds. The number of anilines is 1. The molecule has 0 radical (unpaired) electrons. The first-order valence-corrected chi connectivity index (χ1v) is 10.6. The molecule has 0 atom stereocenters. The van der Waals surface area contributed by atoms with E-state index in [-0.39, 0.29) is 21.1 Å². The van der Waals surface area contributed by atoms with Gasteiger partial charge in [-0.25, -0.2) is 16.8 Å². The number of carbonyl (C=O) groups is 1. The molecule has 0 heterocycles. The monoisotopic (exact) mass is 367 g/mol. The molecular formula is C16H17NO5S2. The molecule has 1 N–H and O–H groups in total. The number of carbonyl (C=O) groups excluding carboxylic acids is 1. The van der Waals surface area contributed by atoms with Crippen LogP contribution in [0.25, 0.3) is 0 Å². The van der Waals surface area contributed by atoms with Crippen molar-refractivity contribution in [3.05, 3.63) is 54.1 Å². The summed E-state index contributed by atoms with van der Waals surface area (Å²) in [5, 5.41) is 2.60. The van der Waals surface area contributed by atoms with Gasteiger partial charge >= 0.3 is 0 Å². The minimum atomic E-state index is -3.40. The molecule has 24 heavy (non-hydrogen) atoms. The van der Waals surface area contributed by atoms with Crippen molar-refractivity contribution < 1.29 is 21.6 Å². The molecule has 0 bridgehead atoms. The van der Waals surface area contributed by atoms with Crippen LogP contribution in [-0.4, -0.2) is 34.8 Å². The Balaban J connectivity index is 2.23. The van der Waals surface area contributed by atoms with Gasteiger partial charge in [-0.2, -0.15) is 0 Å². The zero-order valence-electron chi connectivity index (χ0n) is 13.2. The quantitative estimate of drug-likeness (QED) is 0.873. The summed E-state index contributed by atoms with van der Waals surface area (Å²) in [6.07, 6.45) is 1.10. The number of nitrogens with one attached hydrogen (secondary N) is 1. The van der Waals surface area contributed by atoms with E-state index in [1.807, 2.05) is 0 Å². The fraction of sp³-hybridized carbons (Fsp3) is 0.188. The van der Waals surface area contributed by atoms with Crippen molar-refractivity contribution in [1.29, 1.82) is 0 Å². The third-order valence-corrected chi connectivity index (χ3v) is 6.24. The third kappa shape index (κ3) is 4.21. The molecule has 0 spiro atoms. The van der Waals surface area contributed by atoms with Crippen molar-refractivity contribution in [2.24, 2.45) is 0 Å². The highest BCUT2D eigenvalue weighted by molar-refractivity contribution is 7.91. The van der Waals surface area contributed by atoms with Crippen molar-refractivity contribution in [2.75, 3.05) is 17.3 Å². The van der Waals surface area contributed by atoms with Crippen molar-refractivity contribution in [1.82, 2.24) is 0 Å². The van der Waals surface area contributed by atoms with Crippen LogP contribution in [0.5, 0.6) is 0 Å². The van der Waals surface area contributed by atoms with Gasteiger partial charge in [0.1, 0.15) is 0 Å². The lowest BCUT2D eigenvalue weighted by molar-refractivity contribution is 0.102. The van der Waals surface area contributed by atoms with E-state index in [0.29, 0.717) is 5.69 Å². The van der Waals surface area contributed by atoms with Crippen LogP contribution >= 0.6 is 0 Å². The highest BCUT2D eigenvalue weighted by Crippen LogP contribution is 2.17. The Morgan fingerprint density at radius 2 is 1.58 bits per heavy atom. The lowest BCUT2D eigenvalue weighted by Crippen LogP contribution is -2.13. The predicted octanol–water partition coefficient (Wildman–Crippen LogP) is 2.14. The fourth-order valence-corrected chi connectivity index (χ4v) is 3.54. The normalized spacial score (nSPS) is 11.9. The molecular weight excluding hydrogens is 350 g/mol. The maximum atomic E-state index is 12.2. The number of sulfone groups is 2. The Morgan fingerprint density at radius 1 is 0.958 bits per heavy atom. The van der Waals surface area contributed by atoms with Crippen LogP contribution in [0.3, 0.4) is 0 Å². The molecule has 2 rings (SSSR count). The first-order valence-electron chi connectivity index (χ1n) is 7.08.